The van der Waals surface area contributed by atoms with Crippen LogP contribution in [-0.2, 0) is 6.54 Å². The molecule has 2 saturated heterocycles. The first-order valence-electron chi connectivity index (χ1n) is 7.88. The van der Waals surface area contributed by atoms with Crippen molar-refractivity contribution in [1.29, 1.82) is 0 Å². The Bertz CT molecular complexity index is 682. The van der Waals surface area contributed by atoms with Gasteiger partial charge in [0.25, 0.3) is 0 Å². The summed E-state index contributed by atoms with van der Waals surface area (Å²) in [6.07, 6.45) is 8.08. The molecule has 0 aromatic carbocycles. The number of hydrogen-bond donors (Lipinski definition) is 0. The van der Waals surface area contributed by atoms with Crippen LogP contribution in [-0.4, -0.2) is 63.8 Å². The topological polar surface area (TPSA) is 70.6 Å². The van der Waals surface area contributed by atoms with E-state index in [0.29, 0.717) is 6.04 Å². The van der Waals surface area contributed by atoms with E-state index in [2.05, 4.69) is 15.0 Å². The van der Waals surface area contributed by atoms with Gasteiger partial charge in [-0.3, -0.25) is 14.5 Å². The molecule has 1 atom stereocenters. The smallest absolute Gasteiger partial charge is 0.324 e. The van der Waals surface area contributed by atoms with Gasteiger partial charge in [0.05, 0.1) is 30.7 Å². The summed E-state index contributed by atoms with van der Waals surface area (Å²) in [5.41, 5.74) is 0.880. The van der Waals surface area contributed by atoms with E-state index in [0.717, 1.165) is 50.7 Å². The van der Waals surface area contributed by atoms with Gasteiger partial charge in [0.2, 0.25) is 5.89 Å². The number of rotatable bonds is 4. The van der Waals surface area contributed by atoms with Crippen LogP contribution in [0.1, 0.15) is 18.4 Å². The van der Waals surface area contributed by atoms with Crippen molar-refractivity contribution in [2.24, 2.45) is 0 Å². The van der Waals surface area contributed by atoms with Crippen LogP contribution in [0, 0.1) is 0 Å². The second kappa shape index (κ2) is 5.69. The molecule has 2 aliphatic heterocycles. The van der Waals surface area contributed by atoms with Gasteiger partial charge in [-0.1, -0.05) is 0 Å². The number of aromatic nitrogens is 3. The Labute approximate surface area is 134 Å². The Balaban J connectivity index is 1.41. The number of hydrogen-bond acceptors (Lipinski definition) is 5. The molecule has 2 aromatic heterocycles. The minimum Gasteiger partial charge on any atom is -0.448 e. The molecule has 8 nitrogen and oxygen atoms in total. The minimum atomic E-state index is 0.0430. The first kappa shape index (κ1) is 14.3. The quantitative estimate of drug-likeness (QED) is 0.847. The van der Waals surface area contributed by atoms with Gasteiger partial charge in [0, 0.05) is 39.4 Å². The van der Waals surface area contributed by atoms with Crippen molar-refractivity contribution in [2.45, 2.75) is 19.0 Å². The molecule has 0 spiro atoms. The number of oxazole rings is 1. The zero-order chi connectivity index (χ0) is 15.8. The third-order valence-electron chi connectivity index (χ3n) is 4.58. The van der Waals surface area contributed by atoms with Gasteiger partial charge in [0.15, 0.2) is 0 Å². The van der Waals surface area contributed by atoms with Crippen molar-refractivity contribution in [3.05, 3.63) is 30.7 Å². The Morgan fingerprint density at radius 2 is 2.26 bits per heavy atom. The maximum absolute atomic E-state index is 12.1. The van der Waals surface area contributed by atoms with Crippen molar-refractivity contribution >= 4 is 11.7 Å². The van der Waals surface area contributed by atoms with Crippen molar-refractivity contribution in [3.63, 3.8) is 0 Å². The fourth-order valence-corrected chi connectivity index (χ4v) is 3.25. The summed E-state index contributed by atoms with van der Waals surface area (Å²) in [7, 11) is 1.82. The highest BCUT2D eigenvalue weighted by Crippen LogP contribution is 2.25. The van der Waals surface area contributed by atoms with Gasteiger partial charge in [-0.15, -0.1) is 0 Å². The lowest BCUT2D eigenvalue weighted by molar-refractivity contribution is 0.229. The van der Waals surface area contributed by atoms with E-state index in [4.69, 9.17) is 4.42 Å². The lowest BCUT2D eigenvalue weighted by Crippen LogP contribution is -2.28. The Kier molecular flexibility index (Phi) is 3.53. The molecule has 2 fully saturated rings. The summed E-state index contributed by atoms with van der Waals surface area (Å²) in [5.74, 6) is 0.748. The zero-order valence-electron chi connectivity index (χ0n) is 13.1. The highest BCUT2D eigenvalue weighted by molar-refractivity contribution is 5.93. The number of carbonyl (C=O) groups excluding carboxylic acids is 1. The molecule has 4 heterocycles. The molecule has 0 aliphatic carbocycles. The third-order valence-corrected chi connectivity index (χ3v) is 4.58. The van der Waals surface area contributed by atoms with E-state index < -0.39 is 0 Å². The number of urea groups is 1. The molecule has 1 unspecified atom stereocenters. The predicted molar refractivity (Wildman–Crippen MR) is 83.0 cm³/mol. The van der Waals surface area contributed by atoms with Crippen LogP contribution in [0.15, 0.2) is 29.3 Å². The molecule has 4 rings (SSSR count). The molecular formula is C15H20N6O2. The molecule has 0 saturated carbocycles. The summed E-state index contributed by atoms with van der Waals surface area (Å²) < 4.78 is 7.29. The maximum Gasteiger partial charge on any atom is 0.324 e. The molecule has 0 N–H and O–H groups in total. The van der Waals surface area contributed by atoms with Crippen molar-refractivity contribution in [1.82, 2.24) is 24.6 Å². The summed E-state index contributed by atoms with van der Waals surface area (Å²) in [4.78, 5) is 22.0. The normalized spacial score (nSPS) is 22.5. The molecule has 0 radical (unpaired) electrons. The monoisotopic (exact) mass is 316 g/mol. The molecule has 0 bridgehead atoms. The van der Waals surface area contributed by atoms with E-state index >= 15 is 0 Å². The van der Waals surface area contributed by atoms with Crippen LogP contribution in [0.5, 0.6) is 0 Å². The largest absolute Gasteiger partial charge is 0.448 e. The highest BCUT2D eigenvalue weighted by atomic mass is 16.3. The van der Waals surface area contributed by atoms with E-state index in [1.165, 1.54) is 0 Å². The van der Waals surface area contributed by atoms with Crippen LogP contribution >= 0.6 is 0 Å². The van der Waals surface area contributed by atoms with E-state index in [1.807, 2.05) is 17.9 Å². The second-order valence-corrected chi connectivity index (χ2v) is 6.14. The SMILES string of the molecule is CN1CCN(c2cnn(C3CCN(Cc4ncco4)C3)c2)C1=O. The maximum atomic E-state index is 12.1. The van der Waals surface area contributed by atoms with Crippen LogP contribution in [0.4, 0.5) is 10.5 Å². The van der Waals surface area contributed by atoms with Crippen LogP contribution in [0.3, 0.4) is 0 Å². The first-order valence-corrected chi connectivity index (χ1v) is 7.88. The van der Waals surface area contributed by atoms with Gasteiger partial charge in [-0.05, 0) is 6.42 Å². The van der Waals surface area contributed by atoms with Crippen molar-refractivity contribution < 1.29 is 9.21 Å². The van der Waals surface area contributed by atoms with Crippen molar-refractivity contribution in [3.8, 4) is 0 Å². The number of anilines is 1. The van der Waals surface area contributed by atoms with Crippen LogP contribution in [0.25, 0.3) is 0 Å². The average molecular weight is 316 g/mol. The number of amides is 2. The van der Waals surface area contributed by atoms with Gasteiger partial charge in [-0.2, -0.15) is 5.10 Å². The number of carbonyl (C=O) groups is 1. The Morgan fingerprint density at radius 1 is 1.35 bits per heavy atom. The average Bonchev–Trinajstić information content (AvgIpc) is 3.30. The van der Waals surface area contributed by atoms with Gasteiger partial charge in [0.1, 0.15) is 6.26 Å². The van der Waals surface area contributed by atoms with Crippen LogP contribution < -0.4 is 4.90 Å². The summed E-state index contributed by atoms with van der Waals surface area (Å²) in [5, 5.41) is 4.47. The number of nitrogens with zero attached hydrogens (tertiary/aromatic N) is 6. The fraction of sp³-hybridized carbons (Fsp3) is 0.533. The Morgan fingerprint density at radius 3 is 3.00 bits per heavy atom. The first-order chi connectivity index (χ1) is 11.2. The lowest BCUT2D eigenvalue weighted by atomic mass is 10.3. The molecular weight excluding hydrogens is 296 g/mol. The van der Waals surface area contributed by atoms with E-state index in [1.54, 1.807) is 28.5 Å². The van der Waals surface area contributed by atoms with Crippen molar-refractivity contribution in [2.75, 3.05) is 38.1 Å². The Hall–Kier alpha value is -2.35. The standard InChI is InChI=1S/C15H20N6O2/c1-18-5-6-20(15(18)22)13-8-17-21(10-13)12-2-4-19(9-12)11-14-16-3-7-23-14/h3,7-8,10,12H,2,4-6,9,11H2,1H3. The minimum absolute atomic E-state index is 0.0430. The summed E-state index contributed by atoms with van der Waals surface area (Å²) >= 11 is 0. The van der Waals surface area contributed by atoms with Gasteiger partial charge < -0.3 is 9.32 Å². The van der Waals surface area contributed by atoms with Crippen LogP contribution in [0.2, 0.25) is 0 Å². The molecule has 8 heteroatoms. The van der Waals surface area contributed by atoms with Gasteiger partial charge >= 0.3 is 6.03 Å². The third kappa shape index (κ3) is 2.70. The predicted octanol–water partition coefficient (Wildman–Crippen LogP) is 1.19. The number of likely N-dealkylation sites (N-methyl/N-ethyl adjacent to an activating group) is 1. The fourth-order valence-electron chi connectivity index (χ4n) is 3.25. The molecule has 2 amide bonds. The lowest BCUT2D eigenvalue weighted by Gasteiger charge is -2.15. The molecule has 2 aliphatic rings. The molecule has 2 aromatic rings. The highest BCUT2D eigenvalue weighted by Gasteiger charge is 2.29. The molecule has 23 heavy (non-hydrogen) atoms. The van der Waals surface area contributed by atoms with E-state index in [9.17, 15) is 4.79 Å². The zero-order valence-corrected chi connectivity index (χ0v) is 13.1. The second-order valence-electron chi connectivity index (χ2n) is 6.14. The van der Waals surface area contributed by atoms with Gasteiger partial charge in [-0.25, -0.2) is 9.78 Å². The number of likely N-dealkylation sites (tertiary alicyclic amines) is 1. The summed E-state index contributed by atoms with van der Waals surface area (Å²) in [6.45, 7) is 4.12. The molecule has 122 valence electrons. The summed E-state index contributed by atoms with van der Waals surface area (Å²) in [6, 6.07) is 0.371. The van der Waals surface area contributed by atoms with E-state index in [-0.39, 0.29) is 6.03 Å².